The van der Waals surface area contributed by atoms with E-state index in [1.807, 2.05) is 7.05 Å². The number of hydrogen-bond donors (Lipinski definition) is 1. The normalized spacial score (nSPS) is 8.88. The van der Waals surface area contributed by atoms with E-state index in [1.165, 1.54) is 0 Å². The molecule has 0 saturated heterocycles. The van der Waals surface area contributed by atoms with Gasteiger partial charge < -0.3 is 10.2 Å². The van der Waals surface area contributed by atoms with Gasteiger partial charge in [-0.05, 0) is 29.0 Å². The molecule has 0 radical (unpaired) electrons. The number of pyridine rings is 1. The summed E-state index contributed by atoms with van der Waals surface area (Å²) in [5.74, 6) is -0.0148. The van der Waals surface area contributed by atoms with E-state index in [1.54, 1.807) is 30.4 Å². The Balaban J connectivity index is 0. The summed E-state index contributed by atoms with van der Waals surface area (Å²) in [6, 6.07) is 1.77. The number of carbonyl (C=O) groups excluding carboxylic acids is 1. The number of carbonyl (C=O) groups is 1. The maximum absolute atomic E-state index is 11.8. The Morgan fingerprint density at radius 1 is 1.47 bits per heavy atom. The Morgan fingerprint density at radius 3 is 2.65 bits per heavy atom. The van der Waals surface area contributed by atoms with Crippen LogP contribution in [0.15, 0.2) is 22.9 Å². The van der Waals surface area contributed by atoms with Crippen molar-refractivity contribution in [3.05, 3.63) is 28.5 Å². The molecule has 0 aliphatic carbocycles. The van der Waals surface area contributed by atoms with Crippen molar-refractivity contribution < 1.29 is 4.79 Å². The molecule has 17 heavy (non-hydrogen) atoms. The van der Waals surface area contributed by atoms with Crippen molar-refractivity contribution >= 4 is 46.7 Å². The summed E-state index contributed by atoms with van der Waals surface area (Å²) in [6.07, 6.45) is 3.23. The Hall–Kier alpha value is -0.360. The van der Waals surface area contributed by atoms with Crippen LogP contribution < -0.4 is 5.32 Å². The van der Waals surface area contributed by atoms with Gasteiger partial charge in [0.1, 0.15) is 0 Å². The third-order valence-electron chi connectivity index (χ3n) is 2.00. The van der Waals surface area contributed by atoms with Gasteiger partial charge >= 0.3 is 0 Å². The quantitative estimate of drug-likeness (QED) is 0.908. The summed E-state index contributed by atoms with van der Waals surface area (Å²) >= 11 is 3.29. The molecule has 7 heteroatoms. The third-order valence-corrected chi connectivity index (χ3v) is 2.43. The lowest BCUT2D eigenvalue weighted by molar-refractivity contribution is 0.0796. The van der Waals surface area contributed by atoms with E-state index in [9.17, 15) is 4.79 Å². The highest BCUT2D eigenvalue weighted by Gasteiger charge is 2.11. The number of halogens is 3. The number of likely N-dealkylation sites (N-methyl/N-ethyl adjacent to an activating group) is 2. The summed E-state index contributed by atoms with van der Waals surface area (Å²) in [5.41, 5.74) is 0.600. The van der Waals surface area contributed by atoms with Gasteiger partial charge in [-0.2, -0.15) is 0 Å². The van der Waals surface area contributed by atoms with E-state index in [-0.39, 0.29) is 30.7 Å². The summed E-state index contributed by atoms with van der Waals surface area (Å²) in [4.78, 5) is 17.5. The smallest absolute Gasteiger partial charge is 0.255 e. The number of amides is 1. The van der Waals surface area contributed by atoms with Crippen molar-refractivity contribution in [3.8, 4) is 0 Å². The lowest BCUT2D eigenvalue weighted by Crippen LogP contribution is -2.32. The van der Waals surface area contributed by atoms with E-state index in [2.05, 4.69) is 26.2 Å². The van der Waals surface area contributed by atoms with Gasteiger partial charge in [-0.25, -0.2) is 0 Å². The second-order valence-corrected chi connectivity index (χ2v) is 4.14. The molecule has 4 nitrogen and oxygen atoms in total. The molecular weight excluding hydrogens is 329 g/mol. The van der Waals surface area contributed by atoms with E-state index in [0.717, 1.165) is 11.0 Å². The predicted molar refractivity (Wildman–Crippen MR) is 77.3 cm³/mol. The number of nitrogens with one attached hydrogen (secondary N) is 1. The number of hydrogen-bond acceptors (Lipinski definition) is 3. The van der Waals surface area contributed by atoms with Crippen LogP contribution in [0, 0.1) is 0 Å². The number of rotatable bonds is 4. The fourth-order valence-corrected chi connectivity index (χ4v) is 1.50. The molecule has 0 aliphatic heterocycles. The van der Waals surface area contributed by atoms with Crippen molar-refractivity contribution in [3.63, 3.8) is 0 Å². The highest BCUT2D eigenvalue weighted by molar-refractivity contribution is 9.10. The number of aromatic nitrogens is 1. The van der Waals surface area contributed by atoms with Crippen molar-refractivity contribution in [2.75, 3.05) is 27.2 Å². The summed E-state index contributed by atoms with van der Waals surface area (Å²) in [5, 5.41) is 3.00. The van der Waals surface area contributed by atoms with Crippen molar-refractivity contribution in [2.24, 2.45) is 0 Å². The molecule has 1 aromatic rings. The van der Waals surface area contributed by atoms with Gasteiger partial charge in [-0.15, -0.1) is 24.8 Å². The Bertz CT molecular complexity index is 352. The molecule has 1 heterocycles. The van der Waals surface area contributed by atoms with Crippen LogP contribution in [0.3, 0.4) is 0 Å². The number of nitrogens with zero attached hydrogens (tertiary/aromatic N) is 2. The molecular formula is C10H16BrCl2N3O. The largest absolute Gasteiger partial charge is 0.340 e. The first-order chi connectivity index (χ1) is 7.15. The first-order valence-corrected chi connectivity index (χ1v) is 5.45. The van der Waals surface area contributed by atoms with Crippen molar-refractivity contribution in [2.45, 2.75) is 0 Å². The average Bonchev–Trinajstić information content (AvgIpc) is 2.24. The zero-order valence-electron chi connectivity index (χ0n) is 9.64. The van der Waals surface area contributed by atoms with Crippen molar-refractivity contribution in [1.82, 2.24) is 15.2 Å². The minimum absolute atomic E-state index is 0. The maximum atomic E-state index is 11.8. The van der Waals surface area contributed by atoms with Gasteiger partial charge in [0, 0.05) is 37.0 Å². The lowest BCUT2D eigenvalue weighted by Gasteiger charge is -2.16. The van der Waals surface area contributed by atoms with Crippen LogP contribution in [0.1, 0.15) is 10.4 Å². The van der Waals surface area contributed by atoms with Gasteiger partial charge in [0.25, 0.3) is 5.91 Å². The molecule has 1 aromatic heterocycles. The van der Waals surface area contributed by atoms with Gasteiger partial charge in [0.05, 0.1) is 5.56 Å². The fourth-order valence-electron chi connectivity index (χ4n) is 1.13. The highest BCUT2D eigenvalue weighted by atomic mass is 79.9. The molecule has 0 fully saturated rings. The second-order valence-electron chi connectivity index (χ2n) is 3.22. The van der Waals surface area contributed by atoms with Crippen LogP contribution in [-0.2, 0) is 0 Å². The fraction of sp³-hybridized carbons (Fsp3) is 0.400. The van der Waals surface area contributed by atoms with Crippen LogP contribution in [-0.4, -0.2) is 43.0 Å². The highest BCUT2D eigenvalue weighted by Crippen LogP contribution is 2.10. The van der Waals surface area contributed by atoms with Crippen LogP contribution in [0.2, 0.25) is 0 Å². The van der Waals surface area contributed by atoms with E-state index in [0.29, 0.717) is 12.1 Å². The Morgan fingerprint density at radius 2 is 2.12 bits per heavy atom. The van der Waals surface area contributed by atoms with Gasteiger partial charge in [0.15, 0.2) is 0 Å². The Labute approximate surface area is 122 Å². The molecule has 98 valence electrons. The molecule has 0 aromatic carbocycles. The van der Waals surface area contributed by atoms with Crippen LogP contribution >= 0.6 is 40.7 Å². The van der Waals surface area contributed by atoms with Crippen LogP contribution in [0.4, 0.5) is 0 Å². The third kappa shape index (κ3) is 6.21. The molecule has 0 bridgehead atoms. The molecule has 0 atom stereocenters. The summed E-state index contributed by atoms with van der Waals surface area (Å²) in [6.45, 7) is 1.46. The lowest BCUT2D eigenvalue weighted by atomic mass is 10.2. The minimum Gasteiger partial charge on any atom is -0.340 e. The van der Waals surface area contributed by atoms with E-state index in [4.69, 9.17) is 0 Å². The zero-order valence-corrected chi connectivity index (χ0v) is 12.9. The summed E-state index contributed by atoms with van der Waals surface area (Å²) in [7, 11) is 3.64. The maximum Gasteiger partial charge on any atom is 0.255 e. The van der Waals surface area contributed by atoms with E-state index >= 15 is 0 Å². The average molecular weight is 345 g/mol. The van der Waals surface area contributed by atoms with E-state index < -0.39 is 0 Å². The zero-order chi connectivity index (χ0) is 11.3. The molecule has 0 saturated carbocycles. The first kappa shape index (κ1) is 19.0. The molecule has 0 spiro atoms. The monoisotopic (exact) mass is 343 g/mol. The topological polar surface area (TPSA) is 45.2 Å². The molecule has 0 aliphatic rings. The molecule has 1 N–H and O–H groups in total. The summed E-state index contributed by atoms with van der Waals surface area (Å²) < 4.78 is 0.815. The van der Waals surface area contributed by atoms with Crippen LogP contribution in [0.25, 0.3) is 0 Å². The standard InChI is InChI=1S/C10H14BrN3O.2ClH/c1-12-3-4-14(2)10(15)8-5-9(11)7-13-6-8;;/h5-7,12H,3-4H2,1-2H3;2*1H. The van der Waals surface area contributed by atoms with Crippen molar-refractivity contribution in [1.29, 1.82) is 0 Å². The van der Waals surface area contributed by atoms with Gasteiger partial charge in [-0.3, -0.25) is 9.78 Å². The Kier molecular flexibility index (Phi) is 10.8. The van der Waals surface area contributed by atoms with Gasteiger partial charge in [0.2, 0.25) is 0 Å². The second kappa shape index (κ2) is 9.65. The van der Waals surface area contributed by atoms with Gasteiger partial charge in [-0.1, -0.05) is 0 Å². The SMILES string of the molecule is CNCCN(C)C(=O)c1cncc(Br)c1.Cl.Cl. The predicted octanol–water partition coefficient (Wildman–Crippen LogP) is 1.98. The molecule has 0 unspecified atom stereocenters. The molecule has 1 rings (SSSR count). The minimum atomic E-state index is -0.0148. The molecule has 1 amide bonds. The first-order valence-electron chi connectivity index (χ1n) is 4.65. The van der Waals surface area contributed by atoms with Crippen LogP contribution in [0.5, 0.6) is 0 Å².